The number of rotatable bonds is 6. The quantitative estimate of drug-likeness (QED) is 0.600. The normalized spacial score (nSPS) is 16.0. The van der Waals surface area contributed by atoms with Crippen molar-refractivity contribution in [2.45, 2.75) is 39.2 Å². The molecule has 10 heteroatoms. The first-order chi connectivity index (χ1) is 16.4. The number of nitrogens with one attached hydrogen (secondary N) is 2. The zero-order valence-electron chi connectivity index (χ0n) is 19.2. The molecule has 2 N–H and O–H groups in total. The Bertz CT molecular complexity index is 1070. The summed E-state index contributed by atoms with van der Waals surface area (Å²) in [6, 6.07) is 6.94. The smallest absolute Gasteiger partial charge is 0.410 e. The molecule has 0 unspecified atom stereocenters. The van der Waals surface area contributed by atoms with Crippen LogP contribution in [0.25, 0.3) is 0 Å². The highest BCUT2D eigenvalue weighted by Gasteiger charge is 2.31. The fourth-order valence-corrected chi connectivity index (χ4v) is 5.82. The lowest BCUT2D eigenvalue weighted by Gasteiger charge is -2.26. The van der Waals surface area contributed by atoms with Gasteiger partial charge in [-0.15, -0.1) is 11.3 Å². The number of carbonyl (C=O) groups is 3. The first-order valence-electron chi connectivity index (χ1n) is 11.6. The molecule has 1 fully saturated rings. The van der Waals surface area contributed by atoms with Gasteiger partial charge in [0, 0.05) is 22.1 Å². The van der Waals surface area contributed by atoms with Gasteiger partial charge in [-0.25, -0.2) is 4.79 Å². The van der Waals surface area contributed by atoms with Crippen molar-refractivity contribution in [1.82, 2.24) is 9.80 Å². The Morgan fingerprint density at radius 1 is 1.12 bits per heavy atom. The van der Waals surface area contributed by atoms with Gasteiger partial charge >= 0.3 is 6.09 Å². The van der Waals surface area contributed by atoms with Gasteiger partial charge in [0.25, 0.3) is 5.91 Å². The minimum atomic E-state index is -0.373. The molecule has 2 aromatic rings. The summed E-state index contributed by atoms with van der Waals surface area (Å²) in [7, 11) is 0. The molecule has 2 aliphatic heterocycles. The van der Waals surface area contributed by atoms with Crippen LogP contribution in [0.5, 0.6) is 0 Å². The summed E-state index contributed by atoms with van der Waals surface area (Å²) in [6.45, 7) is 4.98. The van der Waals surface area contributed by atoms with Gasteiger partial charge in [0.2, 0.25) is 5.91 Å². The third kappa shape index (κ3) is 5.89. The molecule has 182 valence electrons. The van der Waals surface area contributed by atoms with Gasteiger partial charge in [0.05, 0.1) is 25.3 Å². The summed E-state index contributed by atoms with van der Waals surface area (Å²) in [5.74, 6) is -0.447. The summed E-state index contributed by atoms with van der Waals surface area (Å²) < 4.78 is 5.14. The fourth-order valence-electron chi connectivity index (χ4n) is 4.35. The Hall–Kier alpha value is -2.62. The molecule has 0 saturated carbocycles. The van der Waals surface area contributed by atoms with Crippen LogP contribution in [0.2, 0.25) is 5.02 Å². The predicted molar refractivity (Wildman–Crippen MR) is 134 cm³/mol. The molecule has 0 atom stereocenters. The van der Waals surface area contributed by atoms with E-state index in [-0.39, 0.29) is 17.9 Å². The van der Waals surface area contributed by atoms with Crippen molar-refractivity contribution in [2.24, 2.45) is 0 Å². The number of piperidine rings is 1. The number of halogens is 1. The molecule has 3 heterocycles. The molecule has 1 saturated heterocycles. The SMILES string of the molecule is CCOC(=O)N1CCc2c(sc(NC(=O)CN3CCCCC3)c2C(=O)Nc2cccc(Cl)c2)C1. The van der Waals surface area contributed by atoms with E-state index in [9.17, 15) is 14.4 Å². The van der Waals surface area contributed by atoms with E-state index < -0.39 is 0 Å². The van der Waals surface area contributed by atoms with E-state index in [1.165, 1.54) is 17.8 Å². The lowest BCUT2D eigenvalue weighted by molar-refractivity contribution is -0.117. The van der Waals surface area contributed by atoms with Crippen LogP contribution in [0.15, 0.2) is 24.3 Å². The first-order valence-corrected chi connectivity index (χ1v) is 12.8. The summed E-state index contributed by atoms with van der Waals surface area (Å²) >= 11 is 7.42. The van der Waals surface area contributed by atoms with E-state index in [0.29, 0.717) is 53.9 Å². The van der Waals surface area contributed by atoms with Crippen molar-refractivity contribution in [3.63, 3.8) is 0 Å². The maximum atomic E-state index is 13.4. The molecule has 4 rings (SSSR count). The second-order valence-electron chi connectivity index (χ2n) is 8.43. The van der Waals surface area contributed by atoms with E-state index in [1.807, 2.05) is 0 Å². The van der Waals surface area contributed by atoms with Gasteiger partial charge in [-0.2, -0.15) is 0 Å². The zero-order chi connectivity index (χ0) is 24.1. The van der Waals surface area contributed by atoms with Gasteiger partial charge in [-0.3, -0.25) is 14.5 Å². The van der Waals surface area contributed by atoms with Gasteiger partial charge in [0.15, 0.2) is 0 Å². The molecule has 0 spiro atoms. The number of benzene rings is 1. The number of hydrogen-bond donors (Lipinski definition) is 2. The molecule has 2 aliphatic rings. The summed E-state index contributed by atoms with van der Waals surface area (Å²) in [6.07, 6.45) is 3.52. The molecule has 3 amide bonds. The largest absolute Gasteiger partial charge is 0.450 e. The van der Waals surface area contributed by atoms with Crippen molar-refractivity contribution in [2.75, 3.05) is 43.4 Å². The Morgan fingerprint density at radius 2 is 1.91 bits per heavy atom. The van der Waals surface area contributed by atoms with Crippen molar-refractivity contribution >= 4 is 51.5 Å². The Kier molecular flexibility index (Phi) is 8.07. The van der Waals surface area contributed by atoms with Gasteiger partial charge < -0.3 is 20.3 Å². The fraction of sp³-hybridized carbons (Fsp3) is 0.458. The molecule has 0 radical (unpaired) electrons. The van der Waals surface area contributed by atoms with E-state index in [4.69, 9.17) is 16.3 Å². The molecule has 1 aromatic heterocycles. The van der Waals surface area contributed by atoms with Gasteiger partial charge in [-0.05, 0) is 63.0 Å². The lowest BCUT2D eigenvalue weighted by atomic mass is 10.0. The second-order valence-corrected chi connectivity index (χ2v) is 9.97. The number of nitrogens with zero attached hydrogens (tertiary/aromatic N) is 2. The van der Waals surface area contributed by atoms with E-state index in [2.05, 4.69) is 15.5 Å². The minimum Gasteiger partial charge on any atom is -0.450 e. The summed E-state index contributed by atoms with van der Waals surface area (Å²) in [5.41, 5.74) is 1.89. The molecule has 8 nitrogen and oxygen atoms in total. The summed E-state index contributed by atoms with van der Waals surface area (Å²) in [4.78, 5) is 43.1. The number of fused-ring (bicyclic) bond motifs is 1. The number of anilines is 2. The van der Waals surface area contributed by atoms with Crippen LogP contribution in [0.4, 0.5) is 15.5 Å². The second kappa shape index (κ2) is 11.2. The average Bonchev–Trinajstić information content (AvgIpc) is 3.16. The van der Waals surface area contributed by atoms with Crippen LogP contribution in [-0.2, 0) is 22.5 Å². The van der Waals surface area contributed by atoms with Crippen LogP contribution in [0.1, 0.15) is 47.0 Å². The average molecular weight is 505 g/mol. The predicted octanol–water partition coefficient (Wildman–Crippen LogP) is 4.59. The Labute approximate surface area is 208 Å². The highest BCUT2D eigenvalue weighted by Crippen LogP contribution is 2.38. The van der Waals surface area contributed by atoms with E-state index >= 15 is 0 Å². The van der Waals surface area contributed by atoms with Crippen molar-refractivity contribution in [3.8, 4) is 0 Å². The molecule has 1 aromatic carbocycles. The highest BCUT2D eigenvalue weighted by molar-refractivity contribution is 7.17. The maximum absolute atomic E-state index is 13.4. The van der Waals surface area contributed by atoms with Crippen molar-refractivity contribution in [1.29, 1.82) is 0 Å². The molecular formula is C24H29ClN4O4S. The number of thiophene rings is 1. The summed E-state index contributed by atoms with van der Waals surface area (Å²) in [5, 5.41) is 6.91. The Balaban J connectivity index is 1.57. The monoisotopic (exact) mass is 504 g/mol. The molecule has 0 bridgehead atoms. The maximum Gasteiger partial charge on any atom is 0.410 e. The van der Waals surface area contributed by atoms with Crippen molar-refractivity contribution < 1.29 is 19.1 Å². The molecular weight excluding hydrogens is 476 g/mol. The van der Waals surface area contributed by atoms with Crippen LogP contribution in [0.3, 0.4) is 0 Å². The number of carbonyl (C=O) groups excluding carboxylic acids is 3. The third-order valence-electron chi connectivity index (χ3n) is 5.96. The van der Waals surface area contributed by atoms with Crippen molar-refractivity contribution in [3.05, 3.63) is 45.3 Å². The lowest BCUT2D eigenvalue weighted by Crippen LogP contribution is -2.37. The molecule has 34 heavy (non-hydrogen) atoms. The minimum absolute atomic E-state index is 0.139. The number of ether oxygens (including phenoxy) is 1. The van der Waals surface area contributed by atoms with Crippen LogP contribution >= 0.6 is 22.9 Å². The molecule has 0 aliphatic carbocycles. The first kappa shape index (κ1) is 24.5. The number of hydrogen-bond acceptors (Lipinski definition) is 6. The zero-order valence-corrected chi connectivity index (χ0v) is 20.8. The third-order valence-corrected chi connectivity index (χ3v) is 7.33. The number of likely N-dealkylation sites (tertiary alicyclic amines) is 1. The van der Waals surface area contributed by atoms with Gasteiger partial charge in [0.1, 0.15) is 5.00 Å². The van der Waals surface area contributed by atoms with Crippen LogP contribution < -0.4 is 10.6 Å². The van der Waals surface area contributed by atoms with Crippen LogP contribution in [-0.4, -0.2) is 60.5 Å². The van der Waals surface area contributed by atoms with E-state index in [1.54, 1.807) is 36.1 Å². The Morgan fingerprint density at radius 3 is 2.65 bits per heavy atom. The standard InChI is InChI=1S/C24H29ClN4O4S/c1-2-33-24(32)29-12-9-18-19(14-29)34-23(27-20(30)15-28-10-4-3-5-11-28)21(18)22(31)26-17-8-6-7-16(25)13-17/h6-8,13H,2-5,9-12,14-15H2,1H3,(H,26,31)(H,27,30). The topological polar surface area (TPSA) is 91.0 Å². The van der Waals surface area contributed by atoms with Crippen LogP contribution in [0, 0.1) is 0 Å². The number of amides is 3. The van der Waals surface area contributed by atoms with E-state index in [0.717, 1.165) is 36.4 Å². The highest BCUT2D eigenvalue weighted by atomic mass is 35.5. The van der Waals surface area contributed by atoms with Gasteiger partial charge in [-0.1, -0.05) is 24.1 Å².